The average Bonchev–Trinajstić information content (AvgIpc) is 3.43. The number of nitrogens with one attached hydrogen (secondary N) is 1. The SMILES string of the molecule is CCCCc1ccc(CC(c2ccc[nH]2)(c2ccc(CC(=O)OC)s2)S(C)(=O)=O)cc1. The molecule has 1 atom stereocenters. The van der Waals surface area contributed by atoms with Gasteiger partial charge in [0.1, 0.15) is 4.75 Å². The number of carbonyl (C=O) groups excluding carboxylic acids is 1. The first-order valence-corrected chi connectivity index (χ1v) is 13.1. The summed E-state index contributed by atoms with van der Waals surface area (Å²) in [4.78, 5) is 16.3. The second-order valence-corrected chi connectivity index (χ2v) is 11.2. The predicted molar refractivity (Wildman–Crippen MR) is 125 cm³/mol. The Morgan fingerprint density at radius 1 is 1.10 bits per heavy atom. The van der Waals surface area contributed by atoms with Gasteiger partial charge in [0.15, 0.2) is 9.84 Å². The number of unbranched alkanes of at least 4 members (excludes halogenated alkanes) is 1. The number of esters is 1. The Morgan fingerprint density at radius 2 is 1.81 bits per heavy atom. The maximum atomic E-state index is 13.3. The highest BCUT2D eigenvalue weighted by atomic mass is 32.2. The molecule has 0 saturated heterocycles. The number of aryl methyl sites for hydroxylation is 1. The number of sulfone groups is 1. The highest BCUT2D eigenvalue weighted by molar-refractivity contribution is 7.92. The number of aromatic nitrogens is 1. The van der Waals surface area contributed by atoms with Crippen molar-refractivity contribution in [2.45, 2.75) is 43.8 Å². The third kappa shape index (κ3) is 5.10. The molecule has 1 aromatic carbocycles. The molecule has 166 valence electrons. The number of rotatable bonds is 10. The van der Waals surface area contributed by atoms with Crippen LogP contribution >= 0.6 is 11.3 Å². The standard InChI is InChI=1S/C24H29NO4S2/c1-4-5-7-18-9-11-19(12-10-18)17-24(31(3,27)28,21-8-6-15-25-21)22-14-13-20(30-22)16-23(26)29-2/h6,8-15,25H,4-5,7,16-17H2,1-3H3. The molecular formula is C24H29NO4S2. The maximum Gasteiger partial charge on any atom is 0.310 e. The van der Waals surface area contributed by atoms with Crippen molar-refractivity contribution >= 4 is 27.1 Å². The number of ether oxygens (including phenoxy) is 1. The molecule has 0 radical (unpaired) electrons. The number of methoxy groups -OCH3 is 1. The first-order valence-electron chi connectivity index (χ1n) is 10.4. The number of benzene rings is 1. The lowest BCUT2D eigenvalue weighted by Crippen LogP contribution is -2.38. The van der Waals surface area contributed by atoms with Crippen molar-refractivity contribution in [3.8, 4) is 0 Å². The van der Waals surface area contributed by atoms with E-state index in [0.717, 1.165) is 29.7 Å². The molecule has 2 heterocycles. The zero-order valence-corrected chi connectivity index (χ0v) is 19.8. The largest absolute Gasteiger partial charge is 0.469 e. The van der Waals surface area contributed by atoms with E-state index in [9.17, 15) is 13.2 Å². The van der Waals surface area contributed by atoms with Crippen LogP contribution in [0, 0.1) is 0 Å². The van der Waals surface area contributed by atoms with Gasteiger partial charge in [0.2, 0.25) is 0 Å². The summed E-state index contributed by atoms with van der Waals surface area (Å²) in [6.07, 6.45) is 6.74. The molecule has 0 aliphatic heterocycles. The molecule has 5 nitrogen and oxygen atoms in total. The highest BCUT2D eigenvalue weighted by Crippen LogP contribution is 2.43. The zero-order chi connectivity index (χ0) is 22.5. The molecule has 0 spiro atoms. The van der Waals surface area contributed by atoms with Gasteiger partial charge in [-0.2, -0.15) is 0 Å². The molecule has 0 bridgehead atoms. The van der Waals surface area contributed by atoms with Crippen molar-refractivity contribution in [1.82, 2.24) is 4.98 Å². The molecule has 31 heavy (non-hydrogen) atoms. The summed E-state index contributed by atoms with van der Waals surface area (Å²) in [6, 6.07) is 15.5. The zero-order valence-electron chi connectivity index (χ0n) is 18.2. The minimum atomic E-state index is -3.58. The Balaban J connectivity index is 2.06. The van der Waals surface area contributed by atoms with Gasteiger partial charge in [-0.15, -0.1) is 11.3 Å². The highest BCUT2D eigenvalue weighted by Gasteiger charge is 2.46. The van der Waals surface area contributed by atoms with Gasteiger partial charge in [-0.3, -0.25) is 4.79 Å². The Kier molecular flexibility index (Phi) is 7.38. The summed E-state index contributed by atoms with van der Waals surface area (Å²) < 4.78 is 30.2. The van der Waals surface area contributed by atoms with Crippen LogP contribution in [0.4, 0.5) is 0 Å². The molecule has 0 aliphatic rings. The molecule has 1 unspecified atom stereocenters. The number of thiophene rings is 1. The lowest BCUT2D eigenvalue weighted by molar-refractivity contribution is -0.139. The van der Waals surface area contributed by atoms with Crippen LogP contribution in [-0.4, -0.2) is 32.7 Å². The van der Waals surface area contributed by atoms with E-state index in [0.29, 0.717) is 17.0 Å². The van der Waals surface area contributed by atoms with Crippen LogP contribution in [0.2, 0.25) is 0 Å². The topological polar surface area (TPSA) is 76.2 Å². The van der Waals surface area contributed by atoms with Crippen molar-refractivity contribution < 1.29 is 17.9 Å². The first kappa shape index (κ1) is 23.3. The molecule has 1 N–H and O–H groups in total. The molecule has 0 fully saturated rings. The summed E-state index contributed by atoms with van der Waals surface area (Å²) in [5.41, 5.74) is 2.83. The third-order valence-corrected chi connectivity index (χ3v) is 8.79. The van der Waals surface area contributed by atoms with E-state index in [4.69, 9.17) is 4.74 Å². The van der Waals surface area contributed by atoms with Gasteiger partial charge in [-0.25, -0.2) is 8.42 Å². The summed E-state index contributed by atoms with van der Waals surface area (Å²) in [5.74, 6) is -0.346. The number of carbonyl (C=O) groups is 1. The molecule has 0 saturated carbocycles. The first-order chi connectivity index (χ1) is 14.8. The van der Waals surface area contributed by atoms with Crippen LogP contribution in [0.3, 0.4) is 0 Å². The van der Waals surface area contributed by atoms with Crippen LogP contribution < -0.4 is 0 Å². The summed E-state index contributed by atoms with van der Waals surface area (Å²) in [7, 11) is -2.23. The summed E-state index contributed by atoms with van der Waals surface area (Å²) >= 11 is 1.34. The Bertz CT molecular complexity index is 1100. The van der Waals surface area contributed by atoms with E-state index >= 15 is 0 Å². The van der Waals surface area contributed by atoms with Gasteiger partial charge in [-0.1, -0.05) is 37.6 Å². The van der Waals surface area contributed by atoms with E-state index in [2.05, 4.69) is 24.0 Å². The van der Waals surface area contributed by atoms with E-state index in [1.165, 1.54) is 30.3 Å². The van der Waals surface area contributed by atoms with E-state index < -0.39 is 14.6 Å². The number of hydrogen-bond acceptors (Lipinski definition) is 5. The van der Waals surface area contributed by atoms with Gasteiger partial charge in [0.05, 0.1) is 13.5 Å². The van der Waals surface area contributed by atoms with Gasteiger partial charge in [0, 0.05) is 34.3 Å². The molecule has 7 heteroatoms. The average molecular weight is 460 g/mol. The summed E-state index contributed by atoms with van der Waals surface area (Å²) in [5, 5.41) is 0. The van der Waals surface area contributed by atoms with Crippen LogP contribution in [0.25, 0.3) is 0 Å². The van der Waals surface area contributed by atoms with Crippen LogP contribution in [0.15, 0.2) is 54.7 Å². The van der Waals surface area contributed by atoms with Crippen molar-refractivity contribution in [2.75, 3.05) is 13.4 Å². The van der Waals surface area contributed by atoms with Gasteiger partial charge in [-0.05, 0) is 48.2 Å². The Hall–Kier alpha value is -2.38. The maximum absolute atomic E-state index is 13.3. The van der Waals surface area contributed by atoms with Crippen LogP contribution in [0.1, 0.15) is 46.3 Å². The fourth-order valence-corrected chi connectivity index (χ4v) is 6.87. The Morgan fingerprint density at radius 3 is 2.39 bits per heavy atom. The second-order valence-electron chi connectivity index (χ2n) is 7.80. The number of H-pyrrole nitrogens is 1. The molecule has 3 aromatic rings. The summed E-state index contributed by atoms with van der Waals surface area (Å²) in [6.45, 7) is 2.17. The number of aromatic amines is 1. The monoisotopic (exact) mass is 459 g/mol. The van der Waals surface area contributed by atoms with E-state index in [-0.39, 0.29) is 12.4 Å². The third-order valence-electron chi connectivity index (χ3n) is 5.57. The molecule has 3 rings (SSSR count). The van der Waals surface area contributed by atoms with Crippen LogP contribution in [0.5, 0.6) is 0 Å². The molecule has 0 aliphatic carbocycles. The van der Waals surface area contributed by atoms with E-state index in [1.807, 2.05) is 36.4 Å². The molecular weight excluding hydrogens is 430 g/mol. The van der Waals surface area contributed by atoms with Crippen molar-refractivity contribution in [1.29, 1.82) is 0 Å². The minimum Gasteiger partial charge on any atom is -0.469 e. The van der Waals surface area contributed by atoms with Crippen LogP contribution in [-0.2, 0) is 43.4 Å². The lowest BCUT2D eigenvalue weighted by atomic mass is 9.92. The molecule has 0 amide bonds. The van der Waals surface area contributed by atoms with Gasteiger partial charge >= 0.3 is 5.97 Å². The second kappa shape index (κ2) is 9.83. The lowest BCUT2D eigenvalue weighted by Gasteiger charge is -2.31. The number of hydrogen-bond donors (Lipinski definition) is 1. The smallest absolute Gasteiger partial charge is 0.310 e. The van der Waals surface area contributed by atoms with Crippen molar-refractivity contribution in [3.05, 3.63) is 81.3 Å². The normalized spacial score (nSPS) is 13.6. The molecule has 2 aromatic heterocycles. The van der Waals surface area contributed by atoms with Crippen molar-refractivity contribution in [3.63, 3.8) is 0 Å². The fourth-order valence-electron chi connectivity index (χ4n) is 3.81. The predicted octanol–water partition coefficient (Wildman–Crippen LogP) is 4.67. The van der Waals surface area contributed by atoms with E-state index in [1.54, 1.807) is 6.20 Å². The van der Waals surface area contributed by atoms with Gasteiger partial charge < -0.3 is 9.72 Å². The Labute approximate surface area is 188 Å². The quantitative estimate of drug-likeness (QED) is 0.447. The van der Waals surface area contributed by atoms with Crippen molar-refractivity contribution in [2.24, 2.45) is 0 Å². The fraction of sp³-hybridized carbons (Fsp3) is 0.375. The minimum absolute atomic E-state index is 0.123. The van der Waals surface area contributed by atoms with Gasteiger partial charge in [0.25, 0.3) is 0 Å².